The summed E-state index contributed by atoms with van der Waals surface area (Å²) in [5.41, 5.74) is -1.45. The molecule has 0 aliphatic heterocycles. The Bertz CT molecular complexity index is 921. The first-order valence-electron chi connectivity index (χ1n) is 7.65. The number of nitrogens with one attached hydrogen (secondary N) is 2. The molecule has 2 aromatic carbocycles. The summed E-state index contributed by atoms with van der Waals surface area (Å²) in [6, 6.07) is 7.14. The second kappa shape index (κ2) is 6.23. The van der Waals surface area contributed by atoms with Gasteiger partial charge in [0.15, 0.2) is 0 Å². The highest BCUT2D eigenvalue weighted by Gasteiger charge is 2.28. The highest BCUT2D eigenvalue weighted by molar-refractivity contribution is 5.94. The van der Waals surface area contributed by atoms with E-state index in [1.165, 1.54) is 0 Å². The van der Waals surface area contributed by atoms with Gasteiger partial charge < -0.3 is 5.32 Å². The molecule has 1 heterocycles. The van der Waals surface area contributed by atoms with Crippen molar-refractivity contribution in [3.05, 3.63) is 64.9 Å². The van der Waals surface area contributed by atoms with E-state index >= 15 is 0 Å². The number of H-pyrrole nitrogens is 1. The fraction of sp³-hybridized carbons (Fsp3) is 0.222. The lowest BCUT2D eigenvalue weighted by Crippen LogP contribution is -2.24. The molecule has 0 spiro atoms. The average molecular weight is 347 g/mol. The molecule has 0 aliphatic rings. The van der Waals surface area contributed by atoms with E-state index in [9.17, 15) is 18.0 Å². The second-order valence-corrected chi connectivity index (χ2v) is 6.22. The van der Waals surface area contributed by atoms with E-state index in [1.54, 1.807) is 12.3 Å². The summed E-state index contributed by atoms with van der Waals surface area (Å²) < 4.78 is 41.9. The van der Waals surface area contributed by atoms with Crippen LogP contribution in [0.25, 0.3) is 10.9 Å². The largest absolute Gasteiger partial charge is 0.348 e. The number of halogens is 3. The first kappa shape index (κ1) is 17.0. The molecule has 0 saturated carbocycles. The third-order valence-corrected chi connectivity index (χ3v) is 3.91. The van der Waals surface area contributed by atoms with Crippen molar-refractivity contribution in [2.24, 2.45) is 0 Å². The maximum atomic E-state index is 14.0. The zero-order valence-electron chi connectivity index (χ0n) is 13.7. The van der Waals surface area contributed by atoms with Crippen molar-refractivity contribution >= 4 is 16.8 Å². The second-order valence-electron chi connectivity index (χ2n) is 6.22. The minimum atomic E-state index is -2.18. The molecule has 0 aliphatic carbocycles. The topological polar surface area (TPSA) is 57.8 Å². The molecule has 4 nitrogen and oxygen atoms in total. The number of hydrogen-bond acceptors (Lipinski definition) is 2. The number of benzene rings is 2. The Morgan fingerprint density at radius 3 is 2.56 bits per heavy atom. The SMILES string of the molecule is CC(C)(F)c1c(F)cc(C(=O)NCc2cccc3[nH]ncc23)cc1F. The molecule has 1 aromatic heterocycles. The minimum Gasteiger partial charge on any atom is -0.348 e. The summed E-state index contributed by atoms with van der Waals surface area (Å²) in [7, 11) is 0. The van der Waals surface area contributed by atoms with Crippen LogP contribution in [0.2, 0.25) is 0 Å². The van der Waals surface area contributed by atoms with Gasteiger partial charge in [-0.2, -0.15) is 5.10 Å². The third kappa shape index (κ3) is 3.35. The highest BCUT2D eigenvalue weighted by atomic mass is 19.2. The molecule has 0 unspecified atom stereocenters. The molecule has 3 rings (SSSR count). The lowest BCUT2D eigenvalue weighted by molar-refractivity contribution is 0.0949. The van der Waals surface area contributed by atoms with Crippen molar-refractivity contribution in [2.75, 3.05) is 0 Å². The van der Waals surface area contributed by atoms with Crippen LogP contribution in [0, 0.1) is 11.6 Å². The monoisotopic (exact) mass is 347 g/mol. The number of rotatable bonds is 4. The minimum absolute atomic E-state index is 0.162. The van der Waals surface area contributed by atoms with Crippen LogP contribution in [-0.4, -0.2) is 16.1 Å². The number of amides is 1. The number of carbonyl (C=O) groups is 1. The summed E-state index contributed by atoms with van der Waals surface area (Å²) in [4.78, 5) is 12.2. The van der Waals surface area contributed by atoms with Gasteiger partial charge in [0.25, 0.3) is 5.91 Å². The Hall–Kier alpha value is -2.83. The Balaban J connectivity index is 1.81. The molecule has 0 bridgehead atoms. The van der Waals surface area contributed by atoms with Crippen molar-refractivity contribution in [3.8, 4) is 0 Å². The lowest BCUT2D eigenvalue weighted by atomic mass is 9.97. The van der Waals surface area contributed by atoms with Gasteiger partial charge in [0.05, 0.1) is 17.3 Å². The van der Waals surface area contributed by atoms with Gasteiger partial charge in [0.1, 0.15) is 17.3 Å². The molecule has 25 heavy (non-hydrogen) atoms. The third-order valence-electron chi connectivity index (χ3n) is 3.91. The molecule has 130 valence electrons. The molecule has 3 aromatic rings. The zero-order valence-corrected chi connectivity index (χ0v) is 13.7. The Morgan fingerprint density at radius 2 is 1.92 bits per heavy atom. The van der Waals surface area contributed by atoms with Gasteiger partial charge in [-0.05, 0) is 37.6 Å². The summed E-state index contributed by atoms with van der Waals surface area (Å²) >= 11 is 0. The maximum absolute atomic E-state index is 14.0. The van der Waals surface area contributed by atoms with E-state index in [0.29, 0.717) is 0 Å². The number of nitrogens with zero attached hydrogens (tertiary/aromatic N) is 1. The van der Waals surface area contributed by atoms with Crippen LogP contribution in [0.15, 0.2) is 36.5 Å². The van der Waals surface area contributed by atoms with Gasteiger partial charge in [0.2, 0.25) is 0 Å². The van der Waals surface area contributed by atoms with Crippen molar-refractivity contribution in [3.63, 3.8) is 0 Å². The van der Waals surface area contributed by atoms with Crippen molar-refractivity contribution in [1.82, 2.24) is 15.5 Å². The lowest BCUT2D eigenvalue weighted by Gasteiger charge is -2.17. The predicted octanol–water partition coefficient (Wildman–Crippen LogP) is 3.98. The number of fused-ring (bicyclic) bond motifs is 1. The number of carbonyl (C=O) groups excluding carboxylic acids is 1. The molecule has 2 N–H and O–H groups in total. The highest BCUT2D eigenvalue weighted by Crippen LogP contribution is 2.30. The van der Waals surface area contributed by atoms with Crippen molar-refractivity contribution < 1.29 is 18.0 Å². The summed E-state index contributed by atoms with van der Waals surface area (Å²) in [6.07, 6.45) is 1.63. The van der Waals surface area contributed by atoms with Gasteiger partial charge in [-0.25, -0.2) is 13.2 Å². The van der Waals surface area contributed by atoms with E-state index in [2.05, 4.69) is 15.5 Å². The molecule has 7 heteroatoms. The molecular formula is C18H16F3N3O. The first-order chi connectivity index (χ1) is 11.8. The number of hydrogen-bond donors (Lipinski definition) is 2. The van der Waals surface area contributed by atoms with Crippen LogP contribution in [0.3, 0.4) is 0 Å². The van der Waals surface area contributed by atoms with Crippen LogP contribution in [-0.2, 0) is 12.2 Å². The quantitative estimate of drug-likeness (QED) is 0.750. The van der Waals surface area contributed by atoms with Crippen LogP contribution in [0.1, 0.15) is 35.3 Å². The molecular weight excluding hydrogens is 331 g/mol. The first-order valence-corrected chi connectivity index (χ1v) is 7.65. The van der Waals surface area contributed by atoms with E-state index in [0.717, 1.165) is 42.4 Å². The maximum Gasteiger partial charge on any atom is 0.251 e. The van der Waals surface area contributed by atoms with E-state index < -0.39 is 28.8 Å². The van der Waals surface area contributed by atoms with E-state index in [4.69, 9.17) is 0 Å². The van der Waals surface area contributed by atoms with Crippen LogP contribution < -0.4 is 5.32 Å². The Labute approximate surface area is 142 Å². The average Bonchev–Trinajstić information content (AvgIpc) is 2.99. The van der Waals surface area contributed by atoms with E-state index in [-0.39, 0.29) is 12.1 Å². The van der Waals surface area contributed by atoms with Crippen molar-refractivity contribution in [2.45, 2.75) is 26.1 Å². The van der Waals surface area contributed by atoms with Crippen LogP contribution in [0.4, 0.5) is 13.2 Å². The van der Waals surface area contributed by atoms with Crippen molar-refractivity contribution in [1.29, 1.82) is 0 Å². The molecule has 0 fully saturated rings. The molecule has 0 saturated heterocycles. The van der Waals surface area contributed by atoms with E-state index in [1.807, 2.05) is 12.1 Å². The Morgan fingerprint density at radius 1 is 1.24 bits per heavy atom. The summed E-state index contributed by atoms with van der Waals surface area (Å²) in [6.45, 7) is 2.27. The number of aromatic amines is 1. The fourth-order valence-corrected chi connectivity index (χ4v) is 2.73. The van der Waals surface area contributed by atoms with Gasteiger partial charge in [-0.15, -0.1) is 0 Å². The molecule has 0 atom stereocenters. The zero-order chi connectivity index (χ0) is 18.2. The Kier molecular flexibility index (Phi) is 4.24. The van der Waals surface area contributed by atoms with Crippen LogP contribution >= 0.6 is 0 Å². The molecule has 1 amide bonds. The normalized spacial score (nSPS) is 11.7. The summed E-state index contributed by atoms with van der Waals surface area (Å²) in [5.74, 6) is -2.83. The predicted molar refractivity (Wildman–Crippen MR) is 87.8 cm³/mol. The van der Waals surface area contributed by atoms with Gasteiger partial charge in [-0.1, -0.05) is 12.1 Å². The van der Waals surface area contributed by atoms with Gasteiger partial charge in [-0.3, -0.25) is 9.89 Å². The van der Waals surface area contributed by atoms with Gasteiger partial charge >= 0.3 is 0 Å². The fourth-order valence-electron chi connectivity index (χ4n) is 2.73. The molecule has 0 radical (unpaired) electrons. The smallest absolute Gasteiger partial charge is 0.251 e. The summed E-state index contributed by atoms with van der Waals surface area (Å²) in [5, 5.41) is 10.2. The number of aromatic nitrogens is 2. The standard InChI is InChI=1S/C18H16F3N3O/c1-18(2,21)16-13(19)6-11(7-14(16)20)17(25)22-8-10-4-3-5-15-12(10)9-23-24-15/h3-7,9H,8H2,1-2H3,(H,22,25)(H,23,24). The van der Waals surface area contributed by atoms with Crippen LogP contribution in [0.5, 0.6) is 0 Å². The van der Waals surface area contributed by atoms with Gasteiger partial charge in [0, 0.05) is 17.5 Å². The number of alkyl halides is 1.